The van der Waals surface area contributed by atoms with Gasteiger partial charge in [0.05, 0.1) is 0 Å². The molecule has 0 radical (unpaired) electrons. The van der Waals surface area contributed by atoms with Gasteiger partial charge in [0.15, 0.2) is 0 Å². The Balaban J connectivity index is 1.74. The zero-order chi connectivity index (χ0) is 10.5. The highest BCUT2D eigenvalue weighted by molar-refractivity contribution is 4.83. The van der Waals surface area contributed by atoms with Crippen LogP contribution in [0.1, 0.15) is 45.4 Å². The van der Waals surface area contributed by atoms with Crippen LogP contribution in [0.3, 0.4) is 0 Å². The zero-order valence-electron chi connectivity index (χ0n) is 10.2. The first kappa shape index (κ1) is 11.4. The van der Waals surface area contributed by atoms with Gasteiger partial charge in [-0.1, -0.05) is 13.3 Å². The fraction of sp³-hybridized carbons (Fsp3) is 1.00. The van der Waals surface area contributed by atoms with Crippen molar-refractivity contribution < 1.29 is 0 Å². The Bertz CT molecular complexity index is 175. The predicted molar refractivity (Wildman–Crippen MR) is 65.2 cm³/mol. The molecule has 2 fully saturated rings. The highest BCUT2D eigenvalue weighted by atomic mass is 15.2. The van der Waals surface area contributed by atoms with Crippen LogP contribution in [0.5, 0.6) is 0 Å². The van der Waals surface area contributed by atoms with Crippen molar-refractivity contribution in [3.8, 4) is 0 Å². The predicted octanol–water partition coefficient (Wildman–Crippen LogP) is 2.35. The van der Waals surface area contributed by atoms with E-state index in [0.29, 0.717) is 0 Å². The topological polar surface area (TPSA) is 6.48 Å². The van der Waals surface area contributed by atoms with E-state index < -0.39 is 0 Å². The molecule has 2 aliphatic rings. The van der Waals surface area contributed by atoms with Gasteiger partial charge in [-0.3, -0.25) is 4.90 Å². The molecule has 2 nitrogen and oxygen atoms in total. The van der Waals surface area contributed by atoms with Crippen molar-refractivity contribution in [2.24, 2.45) is 0 Å². The van der Waals surface area contributed by atoms with E-state index in [1.54, 1.807) is 0 Å². The van der Waals surface area contributed by atoms with Crippen molar-refractivity contribution >= 4 is 0 Å². The molecule has 2 saturated heterocycles. The molecule has 88 valence electrons. The molecule has 2 heteroatoms. The van der Waals surface area contributed by atoms with Crippen molar-refractivity contribution in [3.05, 3.63) is 0 Å². The molecular weight excluding hydrogens is 184 g/mol. The van der Waals surface area contributed by atoms with E-state index >= 15 is 0 Å². The Morgan fingerprint density at radius 3 is 2.60 bits per heavy atom. The molecule has 1 atom stereocenters. The largest absolute Gasteiger partial charge is 0.302 e. The van der Waals surface area contributed by atoms with Gasteiger partial charge in [0.25, 0.3) is 0 Å². The normalized spacial score (nSPS) is 29.0. The van der Waals surface area contributed by atoms with E-state index in [1.807, 2.05) is 0 Å². The number of likely N-dealkylation sites (tertiary alicyclic amines) is 2. The van der Waals surface area contributed by atoms with E-state index in [4.69, 9.17) is 0 Å². The quantitative estimate of drug-likeness (QED) is 0.687. The summed E-state index contributed by atoms with van der Waals surface area (Å²) in [5.41, 5.74) is 0. The fourth-order valence-electron chi connectivity index (χ4n) is 3.02. The monoisotopic (exact) mass is 210 g/mol. The second-order valence-corrected chi connectivity index (χ2v) is 5.19. The van der Waals surface area contributed by atoms with Crippen LogP contribution in [-0.4, -0.2) is 48.6 Å². The van der Waals surface area contributed by atoms with Crippen molar-refractivity contribution in [2.45, 2.75) is 51.5 Å². The first-order valence-electron chi connectivity index (χ1n) is 6.86. The maximum Gasteiger partial charge on any atom is 0.0223 e. The molecule has 0 bridgehead atoms. The zero-order valence-corrected chi connectivity index (χ0v) is 10.2. The lowest BCUT2D eigenvalue weighted by atomic mass is 10.2. The van der Waals surface area contributed by atoms with Crippen molar-refractivity contribution in [1.82, 2.24) is 9.80 Å². The lowest BCUT2D eigenvalue weighted by Gasteiger charge is -2.28. The van der Waals surface area contributed by atoms with Crippen molar-refractivity contribution in [3.63, 3.8) is 0 Å². The number of rotatable bonds is 5. The molecule has 2 heterocycles. The Hall–Kier alpha value is -0.0800. The Kier molecular flexibility index (Phi) is 4.45. The minimum atomic E-state index is 0.884. The Labute approximate surface area is 94.6 Å². The summed E-state index contributed by atoms with van der Waals surface area (Å²) in [4.78, 5) is 5.41. The highest BCUT2D eigenvalue weighted by Gasteiger charge is 2.26. The second kappa shape index (κ2) is 5.86. The molecule has 0 aromatic heterocycles. The molecule has 0 N–H and O–H groups in total. The van der Waals surface area contributed by atoms with Crippen LogP contribution in [0.25, 0.3) is 0 Å². The molecule has 0 aliphatic carbocycles. The van der Waals surface area contributed by atoms with Gasteiger partial charge in [-0.2, -0.15) is 0 Å². The third-order valence-corrected chi connectivity index (χ3v) is 3.97. The minimum absolute atomic E-state index is 0.884. The van der Waals surface area contributed by atoms with Gasteiger partial charge in [-0.05, 0) is 58.3 Å². The second-order valence-electron chi connectivity index (χ2n) is 5.19. The molecule has 2 rings (SSSR count). The maximum absolute atomic E-state index is 2.74. The molecule has 0 amide bonds. The summed E-state index contributed by atoms with van der Waals surface area (Å²) in [6.45, 7) is 9.07. The van der Waals surface area contributed by atoms with E-state index in [9.17, 15) is 0 Å². The summed E-state index contributed by atoms with van der Waals surface area (Å²) in [7, 11) is 0. The van der Waals surface area contributed by atoms with Crippen LogP contribution < -0.4 is 0 Å². The van der Waals surface area contributed by atoms with Crippen LogP contribution in [0.4, 0.5) is 0 Å². The average Bonchev–Trinajstić information content (AvgIpc) is 2.87. The van der Waals surface area contributed by atoms with E-state index in [1.165, 1.54) is 71.2 Å². The van der Waals surface area contributed by atoms with Gasteiger partial charge in [0.2, 0.25) is 0 Å². The summed E-state index contributed by atoms with van der Waals surface area (Å²) in [5, 5.41) is 0. The van der Waals surface area contributed by atoms with Crippen molar-refractivity contribution in [2.75, 3.05) is 32.7 Å². The Morgan fingerprint density at radius 2 is 1.87 bits per heavy atom. The standard InChI is InChI=1S/C13H26N2/c1-2-3-10-15-11-6-7-13(15)12-14-8-4-5-9-14/h13H,2-12H2,1H3. The summed E-state index contributed by atoms with van der Waals surface area (Å²) in [6.07, 6.45) is 8.47. The molecule has 2 aliphatic heterocycles. The SMILES string of the molecule is CCCCN1CCCC1CN1CCCC1. The molecular formula is C13H26N2. The smallest absolute Gasteiger partial charge is 0.0223 e. The van der Waals surface area contributed by atoms with Crippen LogP contribution >= 0.6 is 0 Å². The third-order valence-electron chi connectivity index (χ3n) is 3.97. The average molecular weight is 210 g/mol. The van der Waals surface area contributed by atoms with Crippen molar-refractivity contribution in [1.29, 1.82) is 0 Å². The van der Waals surface area contributed by atoms with E-state index in [2.05, 4.69) is 16.7 Å². The minimum Gasteiger partial charge on any atom is -0.302 e. The fourth-order valence-corrected chi connectivity index (χ4v) is 3.02. The number of hydrogen-bond donors (Lipinski definition) is 0. The lowest BCUT2D eigenvalue weighted by molar-refractivity contribution is 0.189. The van der Waals surface area contributed by atoms with Crippen LogP contribution in [0, 0.1) is 0 Å². The van der Waals surface area contributed by atoms with Gasteiger partial charge >= 0.3 is 0 Å². The van der Waals surface area contributed by atoms with E-state index in [0.717, 1.165) is 6.04 Å². The van der Waals surface area contributed by atoms with Gasteiger partial charge in [0, 0.05) is 12.6 Å². The first-order chi connectivity index (χ1) is 7.40. The summed E-state index contributed by atoms with van der Waals surface area (Å²) in [6, 6.07) is 0.884. The van der Waals surface area contributed by atoms with Gasteiger partial charge < -0.3 is 4.90 Å². The molecule has 0 spiro atoms. The first-order valence-corrected chi connectivity index (χ1v) is 6.86. The van der Waals surface area contributed by atoms with Gasteiger partial charge in [0.1, 0.15) is 0 Å². The lowest BCUT2D eigenvalue weighted by Crippen LogP contribution is -2.39. The summed E-state index contributed by atoms with van der Waals surface area (Å²) >= 11 is 0. The molecule has 1 unspecified atom stereocenters. The van der Waals surface area contributed by atoms with E-state index in [-0.39, 0.29) is 0 Å². The third kappa shape index (κ3) is 3.18. The summed E-state index contributed by atoms with van der Waals surface area (Å²) in [5.74, 6) is 0. The molecule has 0 aromatic rings. The van der Waals surface area contributed by atoms with Crippen LogP contribution in [-0.2, 0) is 0 Å². The maximum atomic E-state index is 2.74. The number of hydrogen-bond acceptors (Lipinski definition) is 2. The van der Waals surface area contributed by atoms with Crippen LogP contribution in [0.15, 0.2) is 0 Å². The molecule has 15 heavy (non-hydrogen) atoms. The molecule has 0 saturated carbocycles. The Morgan fingerprint density at radius 1 is 1.07 bits per heavy atom. The highest BCUT2D eigenvalue weighted by Crippen LogP contribution is 2.20. The van der Waals surface area contributed by atoms with Crippen LogP contribution in [0.2, 0.25) is 0 Å². The molecule has 0 aromatic carbocycles. The number of unbranched alkanes of at least 4 members (excludes halogenated alkanes) is 1. The number of nitrogens with zero attached hydrogens (tertiary/aromatic N) is 2. The van der Waals surface area contributed by atoms with Gasteiger partial charge in [-0.15, -0.1) is 0 Å². The summed E-state index contributed by atoms with van der Waals surface area (Å²) < 4.78 is 0. The van der Waals surface area contributed by atoms with Gasteiger partial charge in [-0.25, -0.2) is 0 Å².